The fourth-order valence-electron chi connectivity index (χ4n) is 1.72. The Morgan fingerprint density at radius 3 is 2.89 bits per heavy atom. The molecule has 1 aliphatic rings. The van der Waals surface area contributed by atoms with Crippen LogP contribution in [0.15, 0.2) is 24.3 Å². The molecule has 18 heavy (non-hydrogen) atoms. The van der Waals surface area contributed by atoms with E-state index in [-0.39, 0.29) is 25.2 Å². The molecule has 2 atom stereocenters. The smallest absolute Gasteiger partial charge is 0.264 e. The summed E-state index contributed by atoms with van der Waals surface area (Å²) < 4.78 is 11.0. The van der Waals surface area contributed by atoms with Gasteiger partial charge in [-0.3, -0.25) is 4.79 Å². The van der Waals surface area contributed by atoms with Crippen LogP contribution in [0.2, 0.25) is 0 Å². The van der Waals surface area contributed by atoms with Gasteiger partial charge in [0.05, 0.1) is 12.6 Å². The SMILES string of the molecule is CC[C@@H](CO)NC(=O)[C@H]1COc2ccccc2O1. The van der Waals surface area contributed by atoms with Crippen molar-refractivity contribution in [2.45, 2.75) is 25.5 Å². The van der Waals surface area contributed by atoms with Crippen LogP contribution in [-0.4, -0.2) is 36.4 Å². The van der Waals surface area contributed by atoms with E-state index < -0.39 is 6.10 Å². The molecule has 2 N–H and O–H groups in total. The van der Waals surface area contributed by atoms with E-state index in [2.05, 4.69) is 5.32 Å². The lowest BCUT2D eigenvalue weighted by Crippen LogP contribution is -2.48. The second-order valence-electron chi connectivity index (χ2n) is 4.16. The number of nitrogens with one attached hydrogen (secondary N) is 1. The van der Waals surface area contributed by atoms with Crippen LogP contribution in [0, 0.1) is 0 Å². The van der Waals surface area contributed by atoms with Crippen LogP contribution in [-0.2, 0) is 4.79 Å². The Labute approximate surface area is 106 Å². The molecule has 0 aliphatic carbocycles. The van der Waals surface area contributed by atoms with Crippen molar-refractivity contribution in [1.29, 1.82) is 0 Å². The molecule has 1 aromatic carbocycles. The predicted octanol–water partition coefficient (Wildman–Crippen LogP) is 0.713. The maximum absolute atomic E-state index is 11.9. The zero-order valence-electron chi connectivity index (χ0n) is 10.3. The highest BCUT2D eigenvalue weighted by molar-refractivity contribution is 5.82. The number of amides is 1. The van der Waals surface area contributed by atoms with Gasteiger partial charge < -0.3 is 19.9 Å². The van der Waals surface area contributed by atoms with Gasteiger partial charge in [0.1, 0.15) is 6.61 Å². The zero-order chi connectivity index (χ0) is 13.0. The van der Waals surface area contributed by atoms with Crippen LogP contribution in [0.25, 0.3) is 0 Å². The van der Waals surface area contributed by atoms with Crippen LogP contribution in [0.5, 0.6) is 11.5 Å². The standard InChI is InChI=1S/C13H17NO4/c1-2-9(7-15)14-13(16)12-8-17-10-5-3-4-6-11(10)18-12/h3-6,9,12,15H,2,7-8H2,1H3,(H,14,16)/t9-,12+/m0/s1. The third kappa shape index (κ3) is 2.73. The Kier molecular flexibility index (Phi) is 4.04. The molecule has 0 saturated heterocycles. The lowest BCUT2D eigenvalue weighted by Gasteiger charge is -2.26. The van der Waals surface area contributed by atoms with Crippen molar-refractivity contribution in [3.05, 3.63) is 24.3 Å². The summed E-state index contributed by atoms with van der Waals surface area (Å²) in [6.45, 7) is 2.01. The first-order chi connectivity index (χ1) is 8.74. The highest BCUT2D eigenvalue weighted by atomic mass is 16.6. The van der Waals surface area contributed by atoms with E-state index in [1.54, 1.807) is 12.1 Å². The van der Waals surface area contributed by atoms with Crippen molar-refractivity contribution in [2.75, 3.05) is 13.2 Å². The van der Waals surface area contributed by atoms with E-state index in [1.165, 1.54) is 0 Å². The van der Waals surface area contributed by atoms with Crippen molar-refractivity contribution in [3.63, 3.8) is 0 Å². The molecule has 0 bridgehead atoms. The molecule has 0 unspecified atom stereocenters. The summed E-state index contributed by atoms with van der Waals surface area (Å²) in [7, 11) is 0. The van der Waals surface area contributed by atoms with E-state index >= 15 is 0 Å². The number of carbonyl (C=O) groups excluding carboxylic acids is 1. The number of benzene rings is 1. The quantitative estimate of drug-likeness (QED) is 0.827. The molecule has 0 fully saturated rings. The molecule has 2 rings (SSSR count). The molecule has 1 aromatic rings. The molecule has 0 aromatic heterocycles. The van der Waals surface area contributed by atoms with Gasteiger partial charge >= 0.3 is 0 Å². The minimum absolute atomic E-state index is 0.0770. The number of aliphatic hydroxyl groups excluding tert-OH is 1. The molecule has 1 aliphatic heterocycles. The second-order valence-corrected chi connectivity index (χ2v) is 4.16. The maximum Gasteiger partial charge on any atom is 0.264 e. The molecule has 0 spiro atoms. The first-order valence-electron chi connectivity index (χ1n) is 6.04. The van der Waals surface area contributed by atoms with Crippen LogP contribution < -0.4 is 14.8 Å². The summed E-state index contributed by atoms with van der Waals surface area (Å²) >= 11 is 0. The van der Waals surface area contributed by atoms with Crippen molar-refractivity contribution >= 4 is 5.91 Å². The average Bonchev–Trinajstić information content (AvgIpc) is 2.44. The lowest BCUT2D eigenvalue weighted by atomic mass is 10.2. The fraction of sp³-hybridized carbons (Fsp3) is 0.462. The maximum atomic E-state index is 11.9. The van der Waals surface area contributed by atoms with Crippen LogP contribution >= 0.6 is 0 Å². The van der Waals surface area contributed by atoms with Crippen molar-refractivity contribution in [2.24, 2.45) is 0 Å². The summed E-state index contributed by atoms with van der Waals surface area (Å²) in [5, 5.41) is 11.8. The summed E-state index contributed by atoms with van der Waals surface area (Å²) in [6, 6.07) is 7.00. The first kappa shape index (κ1) is 12.7. The number of rotatable bonds is 4. The molecule has 1 amide bonds. The number of para-hydroxylation sites is 2. The van der Waals surface area contributed by atoms with E-state index in [4.69, 9.17) is 14.6 Å². The van der Waals surface area contributed by atoms with Crippen LogP contribution in [0.1, 0.15) is 13.3 Å². The Morgan fingerprint density at radius 1 is 1.50 bits per heavy atom. The summed E-state index contributed by atoms with van der Waals surface area (Å²) in [6.07, 6.45) is 0.00682. The topological polar surface area (TPSA) is 67.8 Å². The van der Waals surface area contributed by atoms with Gasteiger partial charge in [0.15, 0.2) is 11.5 Å². The van der Waals surface area contributed by atoms with Crippen LogP contribution in [0.3, 0.4) is 0 Å². The van der Waals surface area contributed by atoms with Gasteiger partial charge in [0, 0.05) is 0 Å². The van der Waals surface area contributed by atoms with Crippen molar-refractivity contribution in [3.8, 4) is 11.5 Å². The van der Waals surface area contributed by atoms with Gasteiger partial charge in [0.25, 0.3) is 5.91 Å². The summed E-state index contributed by atoms with van der Waals surface area (Å²) in [4.78, 5) is 11.9. The highest BCUT2D eigenvalue weighted by Crippen LogP contribution is 2.30. The molecular formula is C13H17NO4. The van der Waals surface area contributed by atoms with E-state index in [9.17, 15) is 4.79 Å². The van der Waals surface area contributed by atoms with Gasteiger partial charge in [-0.05, 0) is 18.6 Å². The number of aliphatic hydroxyl groups is 1. The Hall–Kier alpha value is -1.75. The van der Waals surface area contributed by atoms with Gasteiger partial charge in [0.2, 0.25) is 6.10 Å². The number of ether oxygens (including phenoxy) is 2. The number of hydrogen-bond acceptors (Lipinski definition) is 4. The van der Waals surface area contributed by atoms with E-state index in [1.807, 2.05) is 19.1 Å². The predicted molar refractivity (Wildman–Crippen MR) is 65.7 cm³/mol. The van der Waals surface area contributed by atoms with Gasteiger partial charge in [-0.15, -0.1) is 0 Å². The fourth-order valence-corrected chi connectivity index (χ4v) is 1.72. The molecule has 0 radical (unpaired) electrons. The third-order valence-electron chi connectivity index (χ3n) is 2.86. The average molecular weight is 251 g/mol. The van der Waals surface area contributed by atoms with Crippen molar-refractivity contribution < 1.29 is 19.4 Å². The molecule has 5 heteroatoms. The van der Waals surface area contributed by atoms with Crippen molar-refractivity contribution in [1.82, 2.24) is 5.32 Å². The summed E-state index contributed by atoms with van der Waals surface area (Å²) in [5.74, 6) is 0.960. The summed E-state index contributed by atoms with van der Waals surface area (Å²) in [5.41, 5.74) is 0. The highest BCUT2D eigenvalue weighted by Gasteiger charge is 2.28. The largest absolute Gasteiger partial charge is 0.485 e. The second kappa shape index (κ2) is 5.73. The minimum atomic E-state index is -0.666. The van der Waals surface area contributed by atoms with Gasteiger partial charge in [-0.1, -0.05) is 19.1 Å². The minimum Gasteiger partial charge on any atom is -0.485 e. The lowest BCUT2D eigenvalue weighted by molar-refractivity contribution is -0.131. The normalized spacial score (nSPS) is 19.1. The third-order valence-corrected chi connectivity index (χ3v) is 2.86. The Bertz CT molecular complexity index is 417. The zero-order valence-corrected chi connectivity index (χ0v) is 10.3. The Balaban J connectivity index is 1.98. The number of hydrogen-bond donors (Lipinski definition) is 2. The first-order valence-corrected chi connectivity index (χ1v) is 6.04. The van der Waals surface area contributed by atoms with Crippen LogP contribution in [0.4, 0.5) is 0 Å². The molecule has 1 heterocycles. The van der Waals surface area contributed by atoms with E-state index in [0.717, 1.165) is 0 Å². The van der Waals surface area contributed by atoms with Gasteiger partial charge in [-0.2, -0.15) is 0 Å². The molecule has 5 nitrogen and oxygen atoms in total. The molecule has 98 valence electrons. The monoisotopic (exact) mass is 251 g/mol. The molecule has 0 saturated carbocycles. The number of fused-ring (bicyclic) bond motifs is 1. The number of carbonyl (C=O) groups is 1. The molecular weight excluding hydrogens is 234 g/mol. The van der Waals surface area contributed by atoms with Gasteiger partial charge in [-0.25, -0.2) is 0 Å². The van der Waals surface area contributed by atoms with E-state index in [0.29, 0.717) is 17.9 Å². The Morgan fingerprint density at radius 2 is 2.22 bits per heavy atom.